The molecule has 0 radical (unpaired) electrons. The van der Waals surface area contributed by atoms with Gasteiger partial charge in [0.25, 0.3) is 5.91 Å². The molecule has 10 nitrogen and oxygen atoms in total. The van der Waals surface area contributed by atoms with Crippen LogP contribution in [0.5, 0.6) is 17.2 Å². The predicted molar refractivity (Wildman–Crippen MR) is 111 cm³/mol. The summed E-state index contributed by atoms with van der Waals surface area (Å²) in [7, 11) is 1.52. The van der Waals surface area contributed by atoms with Crippen LogP contribution in [0.25, 0.3) is 0 Å². The molecule has 0 saturated carbocycles. The summed E-state index contributed by atoms with van der Waals surface area (Å²) in [6.07, 6.45) is 0. The van der Waals surface area contributed by atoms with E-state index < -0.39 is 36.4 Å². The van der Waals surface area contributed by atoms with Gasteiger partial charge in [0, 0.05) is 33.5 Å². The molecule has 0 N–H and O–H groups in total. The summed E-state index contributed by atoms with van der Waals surface area (Å²) >= 11 is 0. The zero-order valence-electron chi connectivity index (χ0n) is 17.9. The second kappa shape index (κ2) is 10.7. The van der Waals surface area contributed by atoms with Gasteiger partial charge in [0.1, 0.15) is 0 Å². The molecule has 2 aromatic carbocycles. The van der Waals surface area contributed by atoms with E-state index >= 15 is 0 Å². The van der Waals surface area contributed by atoms with E-state index in [0.29, 0.717) is 5.69 Å². The van der Waals surface area contributed by atoms with Gasteiger partial charge in [0.2, 0.25) is 5.75 Å². The van der Waals surface area contributed by atoms with Gasteiger partial charge >= 0.3 is 23.9 Å². The first-order valence-electron chi connectivity index (χ1n) is 9.30. The highest BCUT2D eigenvalue weighted by atomic mass is 16.6. The molecule has 2 rings (SSSR count). The van der Waals surface area contributed by atoms with Crippen LogP contribution >= 0.6 is 0 Å². The summed E-state index contributed by atoms with van der Waals surface area (Å²) in [6.45, 7) is 2.69. The van der Waals surface area contributed by atoms with E-state index in [0.717, 1.165) is 32.9 Å². The molecule has 168 valence electrons. The van der Waals surface area contributed by atoms with Crippen LogP contribution in [-0.2, 0) is 23.9 Å². The van der Waals surface area contributed by atoms with E-state index in [1.165, 1.54) is 11.9 Å². The first kappa shape index (κ1) is 24.1. The van der Waals surface area contributed by atoms with Crippen molar-refractivity contribution in [3.8, 4) is 17.2 Å². The average Bonchev–Trinajstić information content (AvgIpc) is 2.72. The maximum Gasteiger partial charge on any atom is 0.338 e. The lowest BCUT2D eigenvalue weighted by Crippen LogP contribution is -2.31. The lowest BCUT2D eigenvalue weighted by Gasteiger charge is -2.17. The van der Waals surface area contributed by atoms with Crippen LogP contribution in [0.2, 0.25) is 0 Å². The lowest BCUT2D eigenvalue weighted by atomic mass is 10.2. The third kappa shape index (κ3) is 6.66. The zero-order valence-corrected chi connectivity index (χ0v) is 17.9. The highest BCUT2D eigenvalue weighted by molar-refractivity contribution is 5.97. The number of ether oxygens (including phenoxy) is 4. The number of amides is 1. The van der Waals surface area contributed by atoms with Gasteiger partial charge < -0.3 is 23.8 Å². The quantitative estimate of drug-likeness (QED) is 0.468. The van der Waals surface area contributed by atoms with Crippen LogP contribution in [0, 0.1) is 0 Å². The summed E-state index contributed by atoms with van der Waals surface area (Å²) in [6, 6.07) is 10.9. The Morgan fingerprint density at radius 3 is 1.75 bits per heavy atom. The predicted octanol–water partition coefficient (Wildman–Crippen LogP) is 2.28. The molecule has 0 spiro atoms. The number of carbonyl (C=O) groups is 5. The molecule has 0 aliphatic rings. The molecule has 0 aliphatic heterocycles. The highest BCUT2D eigenvalue weighted by Crippen LogP contribution is 2.39. The Balaban J connectivity index is 2.29. The second-order valence-electron chi connectivity index (χ2n) is 6.45. The van der Waals surface area contributed by atoms with E-state index in [2.05, 4.69) is 0 Å². The van der Waals surface area contributed by atoms with Gasteiger partial charge in [0.15, 0.2) is 18.1 Å². The Bertz CT molecular complexity index is 1010. The molecule has 0 unspecified atom stereocenters. The van der Waals surface area contributed by atoms with E-state index in [9.17, 15) is 24.0 Å². The largest absolute Gasteiger partial charge is 0.452 e. The number of likely N-dealkylation sites (N-methyl/N-ethyl adjacent to an activating group) is 1. The van der Waals surface area contributed by atoms with Crippen LogP contribution < -0.4 is 19.1 Å². The fraction of sp³-hybridized carbons (Fsp3) is 0.227. The van der Waals surface area contributed by atoms with Gasteiger partial charge in [-0.25, -0.2) is 4.79 Å². The number of benzene rings is 2. The molecular formula is C22H21NO9. The minimum Gasteiger partial charge on any atom is -0.452 e. The first-order chi connectivity index (χ1) is 15.1. The van der Waals surface area contributed by atoms with Crippen molar-refractivity contribution < 1.29 is 42.9 Å². The fourth-order valence-electron chi connectivity index (χ4n) is 2.50. The Hall–Kier alpha value is -4.21. The summed E-state index contributed by atoms with van der Waals surface area (Å²) in [5.74, 6) is -4.85. The van der Waals surface area contributed by atoms with Crippen molar-refractivity contribution in [1.29, 1.82) is 0 Å². The Morgan fingerprint density at radius 1 is 0.781 bits per heavy atom. The van der Waals surface area contributed by atoms with Gasteiger partial charge in [-0.15, -0.1) is 0 Å². The minimum atomic E-state index is -0.962. The van der Waals surface area contributed by atoms with E-state index in [1.807, 2.05) is 0 Å². The smallest absolute Gasteiger partial charge is 0.338 e. The monoisotopic (exact) mass is 443 g/mol. The first-order valence-corrected chi connectivity index (χ1v) is 9.30. The molecule has 0 fully saturated rings. The number of nitrogens with zero attached hydrogens (tertiary/aromatic N) is 1. The van der Waals surface area contributed by atoms with Crippen molar-refractivity contribution in [2.24, 2.45) is 0 Å². The molecular weight excluding hydrogens is 422 g/mol. The molecule has 1 amide bonds. The fourth-order valence-corrected chi connectivity index (χ4v) is 2.50. The van der Waals surface area contributed by atoms with Crippen LogP contribution in [0.4, 0.5) is 5.69 Å². The second-order valence-corrected chi connectivity index (χ2v) is 6.45. The normalized spacial score (nSPS) is 10.0. The number of hydrogen-bond acceptors (Lipinski definition) is 9. The molecule has 0 heterocycles. The van der Waals surface area contributed by atoms with E-state index in [1.54, 1.807) is 30.3 Å². The SMILES string of the molecule is CC(=O)Oc1cc(C(=O)OCC(=O)N(C)c2ccccc2)cc(OC(C)=O)c1OC(C)=O. The third-order valence-corrected chi connectivity index (χ3v) is 3.85. The van der Waals surface area contributed by atoms with Crippen molar-refractivity contribution in [2.45, 2.75) is 20.8 Å². The molecule has 2 aromatic rings. The molecule has 32 heavy (non-hydrogen) atoms. The van der Waals surface area contributed by atoms with E-state index in [4.69, 9.17) is 18.9 Å². The Kier molecular flexibility index (Phi) is 8.05. The number of para-hydroxylation sites is 1. The maximum absolute atomic E-state index is 12.5. The summed E-state index contributed by atoms with van der Waals surface area (Å²) < 4.78 is 20.0. The number of hydrogen-bond donors (Lipinski definition) is 0. The van der Waals surface area contributed by atoms with Crippen LogP contribution in [-0.4, -0.2) is 43.4 Å². The van der Waals surface area contributed by atoms with Gasteiger partial charge in [-0.3, -0.25) is 19.2 Å². The number of esters is 4. The van der Waals surface area contributed by atoms with Crippen molar-refractivity contribution in [1.82, 2.24) is 0 Å². The summed E-state index contributed by atoms with van der Waals surface area (Å²) in [4.78, 5) is 60.5. The average molecular weight is 443 g/mol. The van der Waals surface area contributed by atoms with Gasteiger partial charge in [0.05, 0.1) is 5.56 Å². The zero-order chi connectivity index (χ0) is 23.8. The number of carbonyl (C=O) groups excluding carboxylic acids is 5. The van der Waals surface area contributed by atoms with Crippen LogP contribution in [0.15, 0.2) is 42.5 Å². The van der Waals surface area contributed by atoms with Crippen molar-refractivity contribution >= 4 is 35.5 Å². The van der Waals surface area contributed by atoms with Crippen molar-refractivity contribution in [3.05, 3.63) is 48.0 Å². The van der Waals surface area contributed by atoms with Crippen molar-refractivity contribution in [2.75, 3.05) is 18.6 Å². The molecule has 0 atom stereocenters. The lowest BCUT2D eigenvalue weighted by molar-refractivity contribution is -0.135. The number of anilines is 1. The topological polar surface area (TPSA) is 126 Å². The van der Waals surface area contributed by atoms with E-state index in [-0.39, 0.29) is 22.8 Å². The molecule has 0 aromatic heterocycles. The summed E-state index contributed by atoms with van der Waals surface area (Å²) in [5, 5.41) is 0. The van der Waals surface area contributed by atoms with Crippen molar-refractivity contribution in [3.63, 3.8) is 0 Å². The van der Waals surface area contributed by atoms with Crippen LogP contribution in [0.1, 0.15) is 31.1 Å². The number of rotatable bonds is 7. The van der Waals surface area contributed by atoms with Crippen LogP contribution in [0.3, 0.4) is 0 Å². The molecule has 10 heteroatoms. The molecule has 0 saturated heterocycles. The highest BCUT2D eigenvalue weighted by Gasteiger charge is 2.24. The van der Waals surface area contributed by atoms with Gasteiger partial charge in [-0.05, 0) is 24.3 Å². The summed E-state index contributed by atoms with van der Waals surface area (Å²) in [5.41, 5.74) is 0.400. The molecule has 0 aliphatic carbocycles. The standard InChI is InChI=1S/C22H21NO9/c1-13(24)30-18-10-16(11-19(31-14(2)25)21(18)32-15(3)26)22(28)29-12-20(27)23(4)17-8-6-5-7-9-17/h5-11H,12H2,1-4H3. The van der Waals surface area contributed by atoms with Gasteiger partial charge in [-0.2, -0.15) is 0 Å². The molecule has 0 bridgehead atoms. The maximum atomic E-state index is 12.5. The third-order valence-electron chi connectivity index (χ3n) is 3.85. The Labute approximate surface area is 183 Å². The minimum absolute atomic E-state index is 0.205. The van der Waals surface area contributed by atoms with Gasteiger partial charge in [-0.1, -0.05) is 18.2 Å². The Morgan fingerprint density at radius 2 is 1.28 bits per heavy atom.